The molecule has 2 heteroatoms. The van der Waals surface area contributed by atoms with Gasteiger partial charge in [-0.05, 0) is 26.8 Å². The predicted octanol–water partition coefficient (Wildman–Crippen LogP) is 0.613. The SMILES string of the molecule is CNC(C)(C)C(C)CO. The lowest BCUT2D eigenvalue weighted by molar-refractivity contribution is 0.165. The van der Waals surface area contributed by atoms with Crippen molar-refractivity contribution in [1.29, 1.82) is 0 Å². The fourth-order valence-electron chi connectivity index (χ4n) is 0.475. The quantitative estimate of drug-likeness (QED) is 0.588. The average Bonchev–Trinajstić information content (AvgIpc) is 1.86. The lowest BCUT2D eigenvalue weighted by Crippen LogP contribution is -2.44. The summed E-state index contributed by atoms with van der Waals surface area (Å²) in [5, 5.41) is 11.9. The molecule has 0 radical (unpaired) electrons. The van der Waals surface area contributed by atoms with E-state index in [2.05, 4.69) is 19.2 Å². The van der Waals surface area contributed by atoms with Gasteiger partial charge in [0.05, 0.1) is 0 Å². The first kappa shape index (κ1) is 8.92. The van der Waals surface area contributed by atoms with Crippen molar-refractivity contribution in [1.82, 2.24) is 5.32 Å². The molecule has 0 saturated heterocycles. The van der Waals surface area contributed by atoms with Crippen LogP contribution in [0.2, 0.25) is 0 Å². The number of hydrogen-bond acceptors (Lipinski definition) is 2. The molecule has 0 bridgehead atoms. The normalized spacial score (nSPS) is 15.7. The molecule has 0 aromatic carbocycles. The van der Waals surface area contributed by atoms with Crippen molar-refractivity contribution in [3.63, 3.8) is 0 Å². The topological polar surface area (TPSA) is 32.3 Å². The van der Waals surface area contributed by atoms with E-state index >= 15 is 0 Å². The Kier molecular flexibility index (Phi) is 3.15. The maximum absolute atomic E-state index is 8.76. The summed E-state index contributed by atoms with van der Waals surface area (Å²) in [5.74, 6) is 0.308. The molecule has 0 aromatic heterocycles. The number of hydrogen-bond donors (Lipinski definition) is 2. The zero-order valence-corrected chi connectivity index (χ0v) is 6.73. The van der Waals surface area contributed by atoms with Crippen molar-refractivity contribution in [2.45, 2.75) is 26.3 Å². The smallest absolute Gasteiger partial charge is 0.0474 e. The van der Waals surface area contributed by atoms with E-state index < -0.39 is 0 Å². The van der Waals surface area contributed by atoms with Crippen molar-refractivity contribution in [3.8, 4) is 0 Å². The molecular weight excluding hydrogens is 114 g/mol. The van der Waals surface area contributed by atoms with Crippen LogP contribution < -0.4 is 5.32 Å². The van der Waals surface area contributed by atoms with E-state index in [0.717, 1.165) is 0 Å². The summed E-state index contributed by atoms with van der Waals surface area (Å²) in [7, 11) is 1.91. The van der Waals surface area contributed by atoms with Crippen molar-refractivity contribution >= 4 is 0 Å². The second-order valence-electron chi connectivity index (χ2n) is 3.06. The third kappa shape index (κ3) is 2.33. The highest BCUT2D eigenvalue weighted by molar-refractivity contribution is 4.80. The van der Waals surface area contributed by atoms with Crippen LogP contribution in [0.4, 0.5) is 0 Å². The Morgan fingerprint density at radius 2 is 2.00 bits per heavy atom. The Hall–Kier alpha value is -0.0800. The van der Waals surface area contributed by atoms with Gasteiger partial charge in [0.1, 0.15) is 0 Å². The van der Waals surface area contributed by atoms with Crippen LogP contribution >= 0.6 is 0 Å². The molecule has 1 atom stereocenters. The molecule has 0 aromatic rings. The Morgan fingerprint density at radius 3 is 2.11 bits per heavy atom. The van der Waals surface area contributed by atoms with Gasteiger partial charge in [0.2, 0.25) is 0 Å². The van der Waals surface area contributed by atoms with E-state index in [1.54, 1.807) is 0 Å². The third-order valence-corrected chi connectivity index (χ3v) is 2.15. The first-order valence-electron chi connectivity index (χ1n) is 3.34. The predicted molar refractivity (Wildman–Crippen MR) is 39.4 cm³/mol. The molecule has 1 unspecified atom stereocenters. The first-order valence-corrected chi connectivity index (χ1v) is 3.34. The fourth-order valence-corrected chi connectivity index (χ4v) is 0.475. The Bertz CT molecular complexity index is 81.0. The lowest BCUT2D eigenvalue weighted by Gasteiger charge is -2.29. The zero-order chi connectivity index (χ0) is 7.49. The van der Waals surface area contributed by atoms with Crippen LogP contribution in [0.25, 0.3) is 0 Å². The Balaban J connectivity index is 3.80. The van der Waals surface area contributed by atoms with Crippen molar-refractivity contribution in [2.24, 2.45) is 5.92 Å². The van der Waals surface area contributed by atoms with E-state index in [1.807, 2.05) is 14.0 Å². The molecule has 0 aliphatic carbocycles. The average molecular weight is 131 g/mol. The zero-order valence-electron chi connectivity index (χ0n) is 6.73. The van der Waals surface area contributed by atoms with Crippen molar-refractivity contribution in [3.05, 3.63) is 0 Å². The second-order valence-corrected chi connectivity index (χ2v) is 3.06. The van der Waals surface area contributed by atoms with Crippen molar-refractivity contribution < 1.29 is 5.11 Å². The van der Waals surface area contributed by atoms with Gasteiger partial charge in [-0.2, -0.15) is 0 Å². The van der Waals surface area contributed by atoms with E-state index in [1.165, 1.54) is 0 Å². The molecule has 56 valence electrons. The molecule has 0 spiro atoms. The Labute approximate surface area is 57.3 Å². The number of rotatable bonds is 3. The molecular formula is C7H17NO. The van der Waals surface area contributed by atoms with E-state index in [9.17, 15) is 0 Å². The van der Waals surface area contributed by atoms with Crippen LogP contribution in [-0.2, 0) is 0 Å². The van der Waals surface area contributed by atoms with Crippen LogP contribution in [0, 0.1) is 5.92 Å². The standard InChI is InChI=1S/C7H17NO/c1-6(5-9)7(2,3)8-4/h6,8-9H,5H2,1-4H3. The van der Waals surface area contributed by atoms with Crippen LogP contribution in [0.15, 0.2) is 0 Å². The maximum Gasteiger partial charge on any atom is 0.0474 e. The van der Waals surface area contributed by atoms with Crippen molar-refractivity contribution in [2.75, 3.05) is 13.7 Å². The molecule has 2 N–H and O–H groups in total. The Morgan fingerprint density at radius 1 is 1.56 bits per heavy atom. The highest BCUT2D eigenvalue weighted by atomic mass is 16.3. The molecule has 0 saturated carbocycles. The van der Waals surface area contributed by atoms with Gasteiger partial charge in [-0.15, -0.1) is 0 Å². The summed E-state index contributed by atoms with van der Waals surface area (Å²) in [4.78, 5) is 0. The van der Waals surface area contributed by atoms with Crippen LogP contribution in [0.3, 0.4) is 0 Å². The summed E-state index contributed by atoms with van der Waals surface area (Å²) in [6, 6.07) is 0. The monoisotopic (exact) mass is 131 g/mol. The van der Waals surface area contributed by atoms with Crippen LogP contribution in [0.1, 0.15) is 20.8 Å². The van der Waals surface area contributed by atoms with Gasteiger partial charge in [-0.1, -0.05) is 6.92 Å². The van der Waals surface area contributed by atoms with Gasteiger partial charge in [-0.3, -0.25) is 0 Å². The summed E-state index contributed by atoms with van der Waals surface area (Å²) >= 11 is 0. The second kappa shape index (κ2) is 3.18. The van der Waals surface area contributed by atoms with Gasteiger partial charge in [0, 0.05) is 12.1 Å². The molecule has 0 aliphatic heterocycles. The highest BCUT2D eigenvalue weighted by Gasteiger charge is 2.21. The molecule has 9 heavy (non-hydrogen) atoms. The number of nitrogens with one attached hydrogen (secondary N) is 1. The van der Waals surface area contributed by atoms with Crippen LogP contribution in [-0.4, -0.2) is 24.3 Å². The van der Waals surface area contributed by atoms with E-state index in [4.69, 9.17) is 5.11 Å². The van der Waals surface area contributed by atoms with Gasteiger partial charge >= 0.3 is 0 Å². The molecule has 0 aliphatic rings. The minimum absolute atomic E-state index is 0.0503. The summed E-state index contributed by atoms with van der Waals surface area (Å²) in [6.45, 7) is 6.42. The van der Waals surface area contributed by atoms with Gasteiger partial charge in [0.25, 0.3) is 0 Å². The van der Waals surface area contributed by atoms with Crippen LogP contribution in [0.5, 0.6) is 0 Å². The van der Waals surface area contributed by atoms with Gasteiger partial charge in [-0.25, -0.2) is 0 Å². The molecule has 0 rings (SSSR count). The van der Waals surface area contributed by atoms with Gasteiger partial charge in [0.15, 0.2) is 0 Å². The molecule has 0 heterocycles. The number of aliphatic hydroxyl groups is 1. The summed E-state index contributed by atoms with van der Waals surface area (Å²) in [5.41, 5.74) is 0.0503. The highest BCUT2D eigenvalue weighted by Crippen LogP contribution is 2.13. The van der Waals surface area contributed by atoms with Gasteiger partial charge < -0.3 is 10.4 Å². The summed E-state index contributed by atoms with van der Waals surface area (Å²) in [6.07, 6.45) is 0. The maximum atomic E-state index is 8.76. The van der Waals surface area contributed by atoms with E-state index in [-0.39, 0.29) is 12.1 Å². The number of aliphatic hydroxyl groups excluding tert-OH is 1. The fraction of sp³-hybridized carbons (Fsp3) is 1.00. The molecule has 0 fully saturated rings. The largest absolute Gasteiger partial charge is 0.396 e. The third-order valence-electron chi connectivity index (χ3n) is 2.15. The molecule has 2 nitrogen and oxygen atoms in total. The molecule has 0 amide bonds. The summed E-state index contributed by atoms with van der Waals surface area (Å²) < 4.78 is 0. The lowest BCUT2D eigenvalue weighted by atomic mass is 9.90. The van der Waals surface area contributed by atoms with E-state index in [0.29, 0.717) is 5.92 Å². The first-order chi connectivity index (χ1) is 4.04. The minimum Gasteiger partial charge on any atom is -0.396 e. The minimum atomic E-state index is 0.0503.